The monoisotopic (exact) mass is 271 g/mol. The average molecular weight is 271 g/mol. The first kappa shape index (κ1) is 15.5. The molecule has 0 bridgehead atoms. The van der Waals surface area contributed by atoms with Crippen LogP contribution in [0.15, 0.2) is 29.2 Å². The standard InChI is InChI=1S/C14H22FNOS/c1-14(2,17-3)9-8-12(16)10-18-13-6-4-11(15)5-7-13/h4-7,12H,8-10,16H2,1-3H3. The summed E-state index contributed by atoms with van der Waals surface area (Å²) >= 11 is 1.66. The smallest absolute Gasteiger partial charge is 0.123 e. The minimum Gasteiger partial charge on any atom is -0.379 e. The molecular formula is C14H22FNOS. The Bertz CT molecular complexity index is 353. The first-order valence-electron chi connectivity index (χ1n) is 6.12. The molecule has 18 heavy (non-hydrogen) atoms. The largest absolute Gasteiger partial charge is 0.379 e. The molecule has 0 fully saturated rings. The van der Waals surface area contributed by atoms with Crippen molar-refractivity contribution in [1.82, 2.24) is 0 Å². The van der Waals surface area contributed by atoms with Crippen molar-refractivity contribution in [3.8, 4) is 0 Å². The highest BCUT2D eigenvalue weighted by Gasteiger charge is 2.17. The van der Waals surface area contributed by atoms with Gasteiger partial charge in [-0.3, -0.25) is 0 Å². The van der Waals surface area contributed by atoms with E-state index in [4.69, 9.17) is 10.5 Å². The second-order valence-corrected chi connectivity index (χ2v) is 6.12. The molecule has 1 rings (SSSR count). The van der Waals surface area contributed by atoms with E-state index in [1.54, 1.807) is 31.0 Å². The molecule has 0 aliphatic rings. The summed E-state index contributed by atoms with van der Waals surface area (Å²) in [5.74, 6) is 0.635. The van der Waals surface area contributed by atoms with Gasteiger partial charge in [0.05, 0.1) is 5.60 Å². The van der Waals surface area contributed by atoms with Crippen molar-refractivity contribution in [2.24, 2.45) is 5.73 Å². The van der Waals surface area contributed by atoms with Crippen molar-refractivity contribution >= 4 is 11.8 Å². The molecule has 0 radical (unpaired) electrons. The fourth-order valence-electron chi connectivity index (χ4n) is 1.45. The Morgan fingerprint density at radius 2 is 1.94 bits per heavy atom. The van der Waals surface area contributed by atoms with Crippen LogP contribution < -0.4 is 5.73 Å². The lowest BCUT2D eigenvalue weighted by atomic mass is 10.00. The molecule has 0 heterocycles. The normalized spacial score (nSPS) is 13.6. The predicted octanol–water partition coefficient (Wildman–Crippen LogP) is 3.45. The minimum atomic E-state index is -0.203. The lowest BCUT2D eigenvalue weighted by Gasteiger charge is -2.24. The summed E-state index contributed by atoms with van der Waals surface area (Å²) in [6.07, 6.45) is 1.86. The van der Waals surface area contributed by atoms with Gasteiger partial charge in [-0.05, 0) is 51.0 Å². The Hall–Kier alpha value is -0.580. The molecule has 0 amide bonds. The van der Waals surface area contributed by atoms with Gasteiger partial charge in [0.25, 0.3) is 0 Å². The Balaban J connectivity index is 2.29. The zero-order valence-corrected chi connectivity index (χ0v) is 12.1. The lowest BCUT2D eigenvalue weighted by Crippen LogP contribution is -2.29. The number of methoxy groups -OCH3 is 1. The number of hydrogen-bond donors (Lipinski definition) is 1. The van der Waals surface area contributed by atoms with Crippen LogP contribution in [0.5, 0.6) is 0 Å². The maximum absolute atomic E-state index is 12.7. The van der Waals surface area contributed by atoms with Crippen LogP contribution in [0, 0.1) is 5.82 Å². The molecule has 0 saturated heterocycles. The molecule has 4 heteroatoms. The van der Waals surface area contributed by atoms with Crippen LogP contribution in [0.25, 0.3) is 0 Å². The molecule has 0 spiro atoms. The predicted molar refractivity (Wildman–Crippen MR) is 75.4 cm³/mol. The molecule has 0 saturated carbocycles. The molecule has 0 aliphatic carbocycles. The molecular weight excluding hydrogens is 249 g/mol. The number of halogens is 1. The van der Waals surface area contributed by atoms with Crippen molar-refractivity contribution in [3.05, 3.63) is 30.1 Å². The Kier molecular flexibility index (Phi) is 6.12. The Morgan fingerprint density at radius 3 is 2.50 bits per heavy atom. The molecule has 2 N–H and O–H groups in total. The van der Waals surface area contributed by atoms with Crippen molar-refractivity contribution in [2.45, 2.75) is 43.2 Å². The summed E-state index contributed by atoms with van der Waals surface area (Å²) in [7, 11) is 1.72. The molecule has 0 aromatic heterocycles. The lowest BCUT2D eigenvalue weighted by molar-refractivity contribution is 0.0129. The number of benzene rings is 1. The maximum atomic E-state index is 12.7. The molecule has 2 nitrogen and oxygen atoms in total. The first-order valence-corrected chi connectivity index (χ1v) is 7.10. The van der Waals surface area contributed by atoms with E-state index < -0.39 is 0 Å². The van der Waals surface area contributed by atoms with Crippen molar-refractivity contribution in [2.75, 3.05) is 12.9 Å². The molecule has 1 aromatic rings. The van der Waals surface area contributed by atoms with Gasteiger partial charge in [-0.1, -0.05) is 0 Å². The highest BCUT2D eigenvalue weighted by atomic mass is 32.2. The van der Waals surface area contributed by atoms with Gasteiger partial charge in [0.1, 0.15) is 5.82 Å². The highest BCUT2D eigenvalue weighted by molar-refractivity contribution is 7.99. The highest BCUT2D eigenvalue weighted by Crippen LogP contribution is 2.21. The fraction of sp³-hybridized carbons (Fsp3) is 0.571. The third-order valence-corrected chi connectivity index (χ3v) is 4.15. The van der Waals surface area contributed by atoms with E-state index in [1.807, 2.05) is 0 Å². The number of thioether (sulfide) groups is 1. The Morgan fingerprint density at radius 1 is 1.33 bits per heavy atom. The van der Waals surface area contributed by atoms with Gasteiger partial charge in [0.2, 0.25) is 0 Å². The number of ether oxygens (including phenoxy) is 1. The van der Waals surface area contributed by atoms with Crippen molar-refractivity contribution in [3.63, 3.8) is 0 Å². The van der Waals surface area contributed by atoms with Crippen molar-refractivity contribution in [1.29, 1.82) is 0 Å². The molecule has 1 atom stereocenters. The van der Waals surface area contributed by atoms with E-state index in [0.717, 1.165) is 23.5 Å². The van der Waals surface area contributed by atoms with Gasteiger partial charge in [-0.25, -0.2) is 4.39 Å². The second kappa shape index (κ2) is 7.12. The maximum Gasteiger partial charge on any atom is 0.123 e. The van der Waals surface area contributed by atoms with E-state index in [2.05, 4.69) is 13.8 Å². The number of hydrogen-bond acceptors (Lipinski definition) is 3. The van der Waals surface area contributed by atoms with E-state index in [-0.39, 0.29) is 17.5 Å². The topological polar surface area (TPSA) is 35.2 Å². The third kappa shape index (κ3) is 5.85. The van der Waals surface area contributed by atoms with Gasteiger partial charge >= 0.3 is 0 Å². The zero-order chi connectivity index (χ0) is 13.6. The van der Waals surface area contributed by atoms with E-state index in [9.17, 15) is 4.39 Å². The summed E-state index contributed by atoms with van der Waals surface area (Å²) in [6.45, 7) is 4.12. The average Bonchev–Trinajstić information content (AvgIpc) is 2.36. The number of rotatable bonds is 7. The quantitative estimate of drug-likeness (QED) is 0.771. The van der Waals surface area contributed by atoms with E-state index in [1.165, 1.54) is 12.1 Å². The molecule has 1 unspecified atom stereocenters. The van der Waals surface area contributed by atoms with Crippen LogP contribution in [0.3, 0.4) is 0 Å². The van der Waals surface area contributed by atoms with Crippen LogP contribution in [-0.2, 0) is 4.74 Å². The van der Waals surface area contributed by atoms with Crippen LogP contribution in [-0.4, -0.2) is 24.5 Å². The summed E-state index contributed by atoms with van der Waals surface area (Å²) in [5, 5.41) is 0. The third-order valence-electron chi connectivity index (χ3n) is 2.95. The van der Waals surface area contributed by atoms with E-state index in [0.29, 0.717) is 0 Å². The van der Waals surface area contributed by atoms with Crippen molar-refractivity contribution < 1.29 is 9.13 Å². The van der Waals surface area contributed by atoms with Crippen LogP contribution in [0.4, 0.5) is 4.39 Å². The van der Waals surface area contributed by atoms with Gasteiger partial charge in [-0.15, -0.1) is 11.8 Å². The fourth-order valence-corrected chi connectivity index (χ4v) is 2.35. The van der Waals surface area contributed by atoms with E-state index >= 15 is 0 Å². The van der Waals surface area contributed by atoms with Crippen LogP contribution in [0.2, 0.25) is 0 Å². The van der Waals surface area contributed by atoms with Crippen LogP contribution in [0.1, 0.15) is 26.7 Å². The Labute approximate surface area is 113 Å². The molecule has 102 valence electrons. The van der Waals surface area contributed by atoms with Gasteiger partial charge in [-0.2, -0.15) is 0 Å². The summed E-state index contributed by atoms with van der Waals surface area (Å²) in [6, 6.07) is 6.65. The van der Waals surface area contributed by atoms with Crippen LogP contribution >= 0.6 is 11.8 Å². The zero-order valence-electron chi connectivity index (χ0n) is 11.3. The summed E-state index contributed by atoms with van der Waals surface area (Å²) < 4.78 is 18.1. The second-order valence-electron chi connectivity index (χ2n) is 5.03. The molecule has 0 aliphatic heterocycles. The minimum absolute atomic E-state index is 0.113. The van der Waals surface area contributed by atoms with Gasteiger partial charge in [0.15, 0.2) is 0 Å². The van der Waals surface area contributed by atoms with Gasteiger partial charge in [0, 0.05) is 23.8 Å². The summed E-state index contributed by atoms with van der Waals surface area (Å²) in [4.78, 5) is 1.05. The molecule has 1 aromatic carbocycles. The van der Waals surface area contributed by atoms with Gasteiger partial charge < -0.3 is 10.5 Å². The summed E-state index contributed by atoms with van der Waals surface area (Å²) in [5.41, 5.74) is 5.95. The first-order chi connectivity index (χ1) is 8.43. The SMILES string of the molecule is COC(C)(C)CCC(N)CSc1ccc(F)cc1. The number of nitrogens with two attached hydrogens (primary N) is 1.